The van der Waals surface area contributed by atoms with Crippen LogP contribution in [0.25, 0.3) is 10.9 Å². The predicted molar refractivity (Wildman–Crippen MR) is 128 cm³/mol. The van der Waals surface area contributed by atoms with E-state index in [1.807, 2.05) is 24.3 Å². The number of fused-ring (bicyclic) bond motifs is 1. The number of piperazine rings is 1. The fraction of sp³-hybridized carbons (Fsp3) is 0.375. The highest BCUT2D eigenvalue weighted by atomic mass is 16.6. The Morgan fingerprint density at radius 2 is 1.88 bits per heavy atom. The van der Waals surface area contributed by atoms with Gasteiger partial charge in [0.2, 0.25) is 0 Å². The minimum Gasteiger partial charge on any atom is -0.495 e. The average Bonchev–Trinajstić information content (AvgIpc) is 2.83. The predicted octanol–water partition coefficient (Wildman–Crippen LogP) is 4.17. The summed E-state index contributed by atoms with van der Waals surface area (Å²) in [5.41, 5.74) is 2.02. The van der Waals surface area contributed by atoms with Gasteiger partial charge in [-0.2, -0.15) is 0 Å². The maximum atomic E-state index is 10.9. The Morgan fingerprint density at radius 1 is 1.06 bits per heavy atom. The number of nitro benzene ring substituents is 1. The molecule has 3 aromatic rings. The summed E-state index contributed by atoms with van der Waals surface area (Å²) >= 11 is 0. The summed E-state index contributed by atoms with van der Waals surface area (Å²) in [7, 11) is 1.72. The van der Waals surface area contributed by atoms with Gasteiger partial charge in [0.05, 0.1) is 23.2 Å². The third-order valence-corrected chi connectivity index (χ3v) is 5.89. The van der Waals surface area contributed by atoms with Crippen molar-refractivity contribution in [3.63, 3.8) is 0 Å². The second-order valence-electron chi connectivity index (χ2n) is 7.97. The Labute approximate surface area is 188 Å². The monoisotopic (exact) mass is 435 g/mol. The Hall–Kier alpha value is -3.39. The molecule has 168 valence electrons. The van der Waals surface area contributed by atoms with Crippen molar-refractivity contribution in [3.8, 4) is 5.75 Å². The highest BCUT2D eigenvalue weighted by Crippen LogP contribution is 2.28. The van der Waals surface area contributed by atoms with Gasteiger partial charge in [0, 0.05) is 50.2 Å². The molecule has 4 rings (SSSR count). The third-order valence-electron chi connectivity index (χ3n) is 5.89. The number of hydrogen-bond acceptors (Lipinski definition) is 7. The summed E-state index contributed by atoms with van der Waals surface area (Å²) in [4.78, 5) is 20.0. The van der Waals surface area contributed by atoms with E-state index in [0.29, 0.717) is 0 Å². The lowest BCUT2D eigenvalue weighted by Gasteiger charge is -2.36. The molecule has 8 heteroatoms. The topological polar surface area (TPSA) is 83.8 Å². The maximum Gasteiger partial charge on any atom is 0.270 e. The SMILES string of the molecule is COc1ccccc1N1CCN(CCCCNc2ccc3cc([N+](=O)[O-])ccc3n2)CC1. The summed E-state index contributed by atoms with van der Waals surface area (Å²) in [6.07, 6.45) is 2.19. The van der Waals surface area contributed by atoms with Gasteiger partial charge in [-0.15, -0.1) is 0 Å². The van der Waals surface area contributed by atoms with Crippen molar-refractivity contribution in [2.75, 3.05) is 56.6 Å². The fourth-order valence-corrected chi connectivity index (χ4v) is 4.11. The molecule has 1 saturated heterocycles. The number of benzene rings is 2. The van der Waals surface area contributed by atoms with Crippen molar-refractivity contribution in [1.29, 1.82) is 0 Å². The molecule has 2 heterocycles. The maximum absolute atomic E-state index is 10.9. The zero-order chi connectivity index (χ0) is 22.3. The number of methoxy groups -OCH3 is 1. The Balaban J connectivity index is 1.18. The van der Waals surface area contributed by atoms with Gasteiger partial charge in [-0.1, -0.05) is 12.1 Å². The van der Waals surface area contributed by atoms with E-state index in [1.165, 1.54) is 11.8 Å². The van der Waals surface area contributed by atoms with Crippen LogP contribution in [-0.2, 0) is 0 Å². The highest BCUT2D eigenvalue weighted by molar-refractivity contribution is 5.82. The molecule has 1 aliphatic heterocycles. The van der Waals surface area contributed by atoms with E-state index in [1.54, 1.807) is 19.2 Å². The first kappa shape index (κ1) is 21.8. The van der Waals surface area contributed by atoms with Gasteiger partial charge in [0.1, 0.15) is 11.6 Å². The van der Waals surface area contributed by atoms with Crippen molar-refractivity contribution >= 4 is 28.1 Å². The van der Waals surface area contributed by atoms with Crippen molar-refractivity contribution < 1.29 is 9.66 Å². The minimum absolute atomic E-state index is 0.0868. The number of rotatable bonds is 9. The van der Waals surface area contributed by atoms with Gasteiger partial charge in [-0.3, -0.25) is 15.0 Å². The highest BCUT2D eigenvalue weighted by Gasteiger charge is 2.19. The van der Waals surface area contributed by atoms with Crippen molar-refractivity contribution in [1.82, 2.24) is 9.88 Å². The van der Waals surface area contributed by atoms with Crippen LogP contribution < -0.4 is 15.0 Å². The molecular weight excluding hydrogens is 406 g/mol. The molecule has 0 aliphatic carbocycles. The first-order chi connectivity index (χ1) is 15.6. The third kappa shape index (κ3) is 5.26. The molecule has 8 nitrogen and oxygen atoms in total. The van der Waals surface area contributed by atoms with E-state index in [-0.39, 0.29) is 10.6 Å². The number of unbranched alkanes of at least 4 members (excludes halogenated alkanes) is 1. The first-order valence-electron chi connectivity index (χ1n) is 11.0. The molecular formula is C24H29N5O3. The summed E-state index contributed by atoms with van der Waals surface area (Å²) in [5.74, 6) is 1.74. The minimum atomic E-state index is -0.385. The lowest BCUT2D eigenvalue weighted by molar-refractivity contribution is -0.384. The van der Waals surface area contributed by atoms with Crippen LogP contribution in [0.15, 0.2) is 54.6 Å². The molecule has 0 bridgehead atoms. The molecule has 0 amide bonds. The van der Waals surface area contributed by atoms with E-state index in [2.05, 4.69) is 32.2 Å². The molecule has 32 heavy (non-hydrogen) atoms. The van der Waals surface area contributed by atoms with Gasteiger partial charge in [0.25, 0.3) is 5.69 Å². The van der Waals surface area contributed by atoms with Gasteiger partial charge < -0.3 is 15.0 Å². The van der Waals surface area contributed by atoms with E-state index < -0.39 is 0 Å². The zero-order valence-corrected chi connectivity index (χ0v) is 18.4. The van der Waals surface area contributed by atoms with E-state index >= 15 is 0 Å². The quantitative estimate of drug-likeness (QED) is 0.307. The smallest absolute Gasteiger partial charge is 0.270 e. The summed E-state index contributed by atoms with van der Waals surface area (Å²) in [5, 5.41) is 15.0. The number of nitro groups is 1. The number of pyridine rings is 1. The lowest BCUT2D eigenvalue weighted by atomic mass is 10.2. The second-order valence-corrected chi connectivity index (χ2v) is 7.97. The van der Waals surface area contributed by atoms with Gasteiger partial charge >= 0.3 is 0 Å². The van der Waals surface area contributed by atoms with Crippen molar-refractivity contribution in [3.05, 3.63) is 64.7 Å². The molecule has 1 fully saturated rings. The van der Waals surface area contributed by atoms with Crippen LogP contribution in [0.1, 0.15) is 12.8 Å². The van der Waals surface area contributed by atoms with E-state index in [4.69, 9.17) is 4.74 Å². The standard InChI is InChI=1S/C24H29N5O3/c1-32-23-7-3-2-6-22(23)28-16-14-27(15-17-28)13-5-4-12-25-24-11-8-19-18-20(29(30)31)9-10-21(19)26-24/h2-3,6-11,18H,4-5,12-17H2,1H3,(H,25,26). The Morgan fingerprint density at radius 3 is 2.66 bits per heavy atom. The summed E-state index contributed by atoms with van der Waals surface area (Å²) in [6.45, 7) is 6.09. The molecule has 0 saturated carbocycles. The van der Waals surface area contributed by atoms with E-state index in [0.717, 1.165) is 74.6 Å². The van der Waals surface area contributed by atoms with Crippen LogP contribution in [0.5, 0.6) is 5.75 Å². The van der Waals surface area contributed by atoms with Crippen LogP contribution in [0, 0.1) is 10.1 Å². The van der Waals surface area contributed by atoms with Gasteiger partial charge in [-0.05, 0) is 49.7 Å². The molecule has 0 spiro atoms. The fourth-order valence-electron chi connectivity index (χ4n) is 4.11. The van der Waals surface area contributed by atoms with Crippen molar-refractivity contribution in [2.24, 2.45) is 0 Å². The van der Waals surface area contributed by atoms with Crippen LogP contribution in [0.4, 0.5) is 17.2 Å². The molecule has 0 atom stereocenters. The van der Waals surface area contributed by atoms with Crippen LogP contribution in [0.3, 0.4) is 0 Å². The lowest BCUT2D eigenvalue weighted by Crippen LogP contribution is -2.46. The number of hydrogen-bond donors (Lipinski definition) is 1. The molecule has 1 aliphatic rings. The van der Waals surface area contributed by atoms with Crippen LogP contribution in [0.2, 0.25) is 0 Å². The molecule has 0 radical (unpaired) electrons. The Bertz CT molecular complexity index is 1070. The second kappa shape index (κ2) is 10.3. The number of ether oxygens (including phenoxy) is 1. The van der Waals surface area contributed by atoms with Gasteiger partial charge in [0.15, 0.2) is 0 Å². The van der Waals surface area contributed by atoms with E-state index in [9.17, 15) is 10.1 Å². The number of aromatic nitrogens is 1. The van der Waals surface area contributed by atoms with Crippen LogP contribution in [-0.4, -0.2) is 61.2 Å². The van der Waals surface area contributed by atoms with Crippen molar-refractivity contribution in [2.45, 2.75) is 12.8 Å². The largest absolute Gasteiger partial charge is 0.495 e. The number of anilines is 2. The summed E-state index contributed by atoms with van der Waals surface area (Å²) in [6, 6.07) is 16.7. The number of non-ortho nitro benzene ring substituents is 1. The molecule has 0 unspecified atom stereocenters. The average molecular weight is 436 g/mol. The molecule has 1 aromatic heterocycles. The number of nitrogens with zero attached hydrogens (tertiary/aromatic N) is 4. The summed E-state index contributed by atoms with van der Waals surface area (Å²) < 4.78 is 5.50. The molecule has 2 aromatic carbocycles. The Kier molecular flexibility index (Phi) is 7.01. The first-order valence-corrected chi connectivity index (χ1v) is 11.0. The zero-order valence-electron chi connectivity index (χ0n) is 18.4. The normalized spacial score (nSPS) is 14.5. The van der Waals surface area contributed by atoms with Gasteiger partial charge in [-0.25, -0.2) is 4.98 Å². The number of para-hydroxylation sites is 2. The van der Waals surface area contributed by atoms with Crippen LogP contribution >= 0.6 is 0 Å². The number of nitrogens with one attached hydrogen (secondary N) is 1. The molecule has 1 N–H and O–H groups in total.